The zero-order chi connectivity index (χ0) is 10.4. The zero-order valence-electron chi connectivity index (χ0n) is 7.66. The van der Waals surface area contributed by atoms with Crippen molar-refractivity contribution in [1.29, 1.82) is 0 Å². The van der Waals surface area contributed by atoms with E-state index in [-0.39, 0.29) is 5.78 Å². The van der Waals surface area contributed by atoms with Crippen molar-refractivity contribution in [2.24, 2.45) is 0 Å². The van der Waals surface area contributed by atoms with Gasteiger partial charge in [-0.3, -0.25) is 9.78 Å². The van der Waals surface area contributed by atoms with Crippen molar-refractivity contribution >= 4 is 5.78 Å². The van der Waals surface area contributed by atoms with E-state index in [0.717, 1.165) is 6.20 Å². The SMILES string of the molecule is C#CCCCC(=O)c1ccc(F)cn1. The third-order valence-corrected chi connectivity index (χ3v) is 1.74. The molecule has 0 spiro atoms. The lowest BCUT2D eigenvalue weighted by Crippen LogP contribution is -2.01. The van der Waals surface area contributed by atoms with Crippen LogP contribution in [-0.2, 0) is 0 Å². The Kier molecular flexibility index (Phi) is 3.81. The predicted molar refractivity (Wildman–Crippen MR) is 51.2 cm³/mol. The maximum Gasteiger partial charge on any atom is 0.181 e. The normalized spacial score (nSPS) is 9.43. The molecule has 72 valence electrons. The van der Waals surface area contributed by atoms with E-state index >= 15 is 0 Å². The molecule has 0 bridgehead atoms. The maximum atomic E-state index is 12.5. The molecule has 1 aromatic heterocycles. The molecule has 1 rings (SSSR count). The Hall–Kier alpha value is -1.69. The molecular weight excluding hydrogens is 181 g/mol. The lowest BCUT2D eigenvalue weighted by molar-refractivity contribution is 0.0975. The Morgan fingerprint density at radius 1 is 1.57 bits per heavy atom. The van der Waals surface area contributed by atoms with Gasteiger partial charge < -0.3 is 0 Å². The van der Waals surface area contributed by atoms with Crippen molar-refractivity contribution in [3.63, 3.8) is 0 Å². The van der Waals surface area contributed by atoms with Gasteiger partial charge in [0.05, 0.1) is 6.20 Å². The van der Waals surface area contributed by atoms with Gasteiger partial charge in [-0.1, -0.05) is 0 Å². The average molecular weight is 191 g/mol. The topological polar surface area (TPSA) is 30.0 Å². The highest BCUT2D eigenvalue weighted by molar-refractivity contribution is 5.94. The molecule has 1 aromatic rings. The Balaban J connectivity index is 2.53. The van der Waals surface area contributed by atoms with E-state index in [2.05, 4.69) is 10.9 Å². The summed E-state index contributed by atoms with van der Waals surface area (Å²) in [5.74, 6) is 1.91. The van der Waals surface area contributed by atoms with E-state index in [1.165, 1.54) is 12.1 Å². The van der Waals surface area contributed by atoms with E-state index in [9.17, 15) is 9.18 Å². The van der Waals surface area contributed by atoms with E-state index in [1.807, 2.05) is 0 Å². The summed E-state index contributed by atoms with van der Waals surface area (Å²) in [4.78, 5) is 15.1. The fraction of sp³-hybridized carbons (Fsp3) is 0.273. The lowest BCUT2D eigenvalue weighted by atomic mass is 10.1. The van der Waals surface area contributed by atoms with Crippen molar-refractivity contribution < 1.29 is 9.18 Å². The number of rotatable bonds is 4. The van der Waals surface area contributed by atoms with E-state index in [0.29, 0.717) is 25.0 Å². The van der Waals surface area contributed by atoms with E-state index < -0.39 is 5.82 Å². The summed E-state index contributed by atoms with van der Waals surface area (Å²) in [6.07, 6.45) is 7.67. The second kappa shape index (κ2) is 5.13. The van der Waals surface area contributed by atoms with Crippen molar-refractivity contribution in [3.05, 3.63) is 29.8 Å². The highest BCUT2D eigenvalue weighted by Crippen LogP contribution is 2.04. The van der Waals surface area contributed by atoms with Crippen LogP contribution in [0.25, 0.3) is 0 Å². The lowest BCUT2D eigenvalue weighted by Gasteiger charge is -1.97. The summed E-state index contributed by atoms with van der Waals surface area (Å²) < 4.78 is 12.5. The van der Waals surface area contributed by atoms with Gasteiger partial charge in [-0.25, -0.2) is 4.39 Å². The Bertz CT molecular complexity index is 351. The number of nitrogens with zero attached hydrogens (tertiary/aromatic N) is 1. The number of ketones is 1. The van der Waals surface area contributed by atoms with Crippen molar-refractivity contribution in [2.45, 2.75) is 19.3 Å². The molecule has 0 aliphatic heterocycles. The summed E-state index contributed by atoms with van der Waals surface area (Å²) in [7, 11) is 0. The molecule has 0 N–H and O–H groups in total. The first kappa shape index (κ1) is 10.4. The molecule has 0 aliphatic carbocycles. The van der Waals surface area contributed by atoms with Crippen LogP contribution in [0.15, 0.2) is 18.3 Å². The van der Waals surface area contributed by atoms with Gasteiger partial charge in [0.25, 0.3) is 0 Å². The second-order valence-electron chi connectivity index (χ2n) is 2.84. The van der Waals surface area contributed by atoms with Crippen molar-refractivity contribution in [1.82, 2.24) is 4.98 Å². The molecule has 0 fully saturated rings. The highest BCUT2D eigenvalue weighted by Gasteiger charge is 2.06. The average Bonchev–Trinajstić information content (AvgIpc) is 2.19. The number of hydrogen-bond donors (Lipinski definition) is 0. The van der Waals surface area contributed by atoms with Crippen LogP contribution >= 0.6 is 0 Å². The molecule has 2 nitrogen and oxygen atoms in total. The molecule has 14 heavy (non-hydrogen) atoms. The maximum absolute atomic E-state index is 12.5. The van der Waals surface area contributed by atoms with Crippen LogP contribution in [0.1, 0.15) is 29.8 Å². The second-order valence-corrected chi connectivity index (χ2v) is 2.84. The summed E-state index contributed by atoms with van der Waals surface area (Å²) in [6.45, 7) is 0. The molecule has 0 aliphatic rings. The van der Waals surface area contributed by atoms with Gasteiger partial charge in [0, 0.05) is 12.8 Å². The van der Waals surface area contributed by atoms with Crippen LogP contribution in [-0.4, -0.2) is 10.8 Å². The third kappa shape index (κ3) is 2.98. The Morgan fingerprint density at radius 3 is 2.93 bits per heavy atom. The number of aromatic nitrogens is 1. The van der Waals surface area contributed by atoms with Gasteiger partial charge in [-0.15, -0.1) is 12.3 Å². The predicted octanol–water partition coefficient (Wildman–Crippen LogP) is 2.21. The summed E-state index contributed by atoms with van der Waals surface area (Å²) in [5.41, 5.74) is 0.295. The monoisotopic (exact) mass is 191 g/mol. The molecule has 1 heterocycles. The largest absolute Gasteiger partial charge is 0.292 e. The number of carbonyl (C=O) groups is 1. The summed E-state index contributed by atoms with van der Waals surface area (Å²) in [5, 5.41) is 0. The molecule has 0 unspecified atom stereocenters. The van der Waals surface area contributed by atoms with Gasteiger partial charge in [0.2, 0.25) is 0 Å². The van der Waals surface area contributed by atoms with Gasteiger partial charge in [0.1, 0.15) is 11.5 Å². The molecule has 0 saturated heterocycles. The van der Waals surface area contributed by atoms with Crippen LogP contribution in [0.5, 0.6) is 0 Å². The minimum atomic E-state index is -0.440. The Labute approximate surface area is 82.2 Å². The Morgan fingerprint density at radius 2 is 2.36 bits per heavy atom. The van der Waals surface area contributed by atoms with Crippen molar-refractivity contribution in [2.75, 3.05) is 0 Å². The number of halogens is 1. The number of hydrogen-bond acceptors (Lipinski definition) is 2. The number of Topliss-reactive ketones (excluding diaryl/α,β-unsaturated/α-hetero) is 1. The first-order valence-corrected chi connectivity index (χ1v) is 4.32. The van der Waals surface area contributed by atoms with Crippen LogP contribution in [0.4, 0.5) is 4.39 Å². The van der Waals surface area contributed by atoms with Gasteiger partial charge in [-0.2, -0.15) is 0 Å². The molecule has 0 atom stereocenters. The number of pyridine rings is 1. The summed E-state index contributed by atoms with van der Waals surface area (Å²) >= 11 is 0. The van der Waals surface area contributed by atoms with Crippen molar-refractivity contribution in [3.8, 4) is 12.3 Å². The third-order valence-electron chi connectivity index (χ3n) is 1.74. The zero-order valence-corrected chi connectivity index (χ0v) is 7.66. The van der Waals surface area contributed by atoms with Crippen LogP contribution in [0.3, 0.4) is 0 Å². The molecule has 0 amide bonds. The van der Waals surface area contributed by atoms with E-state index in [4.69, 9.17) is 6.42 Å². The molecule has 0 saturated carbocycles. The van der Waals surface area contributed by atoms with Crippen LogP contribution < -0.4 is 0 Å². The van der Waals surface area contributed by atoms with E-state index in [1.54, 1.807) is 0 Å². The minimum absolute atomic E-state index is 0.0970. The molecule has 0 radical (unpaired) electrons. The summed E-state index contributed by atoms with van der Waals surface area (Å²) in [6, 6.07) is 2.61. The fourth-order valence-electron chi connectivity index (χ4n) is 1.02. The van der Waals surface area contributed by atoms with Crippen LogP contribution in [0.2, 0.25) is 0 Å². The smallest absolute Gasteiger partial charge is 0.181 e. The van der Waals surface area contributed by atoms with Crippen LogP contribution in [0, 0.1) is 18.2 Å². The molecule has 3 heteroatoms. The minimum Gasteiger partial charge on any atom is -0.292 e. The number of unbranched alkanes of at least 4 members (excludes halogenated alkanes) is 1. The highest BCUT2D eigenvalue weighted by atomic mass is 19.1. The quantitative estimate of drug-likeness (QED) is 0.415. The van der Waals surface area contributed by atoms with Gasteiger partial charge >= 0.3 is 0 Å². The van der Waals surface area contributed by atoms with Gasteiger partial charge in [0.15, 0.2) is 5.78 Å². The first-order valence-electron chi connectivity index (χ1n) is 4.32. The molecular formula is C11H10FNO. The number of carbonyl (C=O) groups excluding carboxylic acids is 1. The standard InChI is InChI=1S/C11H10FNO/c1-2-3-4-5-11(14)10-7-6-9(12)8-13-10/h1,6-8H,3-5H2. The first-order chi connectivity index (χ1) is 6.74. The number of terminal acetylenes is 1. The van der Waals surface area contributed by atoms with Gasteiger partial charge in [-0.05, 0) is 18.6 Å². The molecule has 0 aromatic carbocycles. The fourth-order valence-corrected chi connectivity index (χ4v) is 1.02.